The maximum Gasteiger partial charge on any atom is 0.243 e. The average molecular weight is 395 g/mol. The van der Waals surface area contributed by atoms with Crippen LogP contribution < -0.4 is 10.1 Å². The molecule has 2 saturated carbocycles. The highest BCUT2D eigenvalue weighted by atomic mass is 32.2. The number of ether oxygens (including phenoxy) is 1. The molecule has 2 aliphatic carbocycles. The molecule has 2 fully saturated rings. The molecule has 6 nitrogen and oxygen atoms in total. The van der Waals surface area contributed by atoms with E-state index in [-0.39, 0.29) is 10.8 Å². The molecular weight excluding hydrogens is 364 g/mol. The second kappa shape index (κ2) is 8.19. The summed E-state index contributed by atoms with van der Waals surface area (Å²) in [7, 11) is -2.07. The van der Waals surface area contributed by atoms with E-state index in [9.17, 15) is 13.2 Å². The molecule has 0 heterocycles. The molecule has 0 radical (unpaired) electrons. The van der Waals surface area contributed by atoms with E-state index in [0.717, 1.165) is 12.3 Å². The SMILES string of the molecule is CCN(CC)S(=O)(=O)c1ccc(OC)c(NC(=O)C[C@H]2C[C@H]3CC[C@@H]2C3)c1. The number of methoxy groups -OCH3 is 1. The number of rotatable bonds is 8. The second-order valence-corrected chi connectivity index (χ2v) is 9.58. The van der Waals surface area contributed by atoms with Crippen LogP contribution in [0.25, 0.3) is 0 Å². The van der Waals surface area contributed by atoms with Crippen LogP contribution in [-0.2, 0) is 14.8 Å². The Kier molecular flexibility index (Phi) is 6.11. The van der Waals surface area contributed by atoms with Gasteiger partial charge in [-0.25, -0.2) is 8.42 Å². The van der Waals surface area contributed by atoms with E-state index in [1.165, 1.54) is 42.8 Å². The first-order valence-electron chi connectivity index (χ1n) is 9.87. The third kappa shape index (κ3) is 4.14. The molecule has 1 aromatic rings. The van der Waals surface area contributed by atoms with Crippen LogP contribution in [0, 0.1) is 17.8 Å². The molecule has 3 atom stereocenters. The van der Waals surface area contributed by atoms with Crippen LogP contribution in [-0.4, -0.2) is 38.8 Å². The third-order valence-corrected chi connectivity index (χ3v) is 8.17. The summed E-state index contributed by atoms with van der Waals surface area (Å²) >= 11 is 0. The smallest absolute Gasteiger partial charge is 0.243 e. The number of fused-ring (bicyclic) bond motifs is 2. The molecular formula is C20H30N2O4S. The predicted molar refractivity (Wildman–Crippen MR) is 105 cm³/mol. The second-order valence-electron chi connectivity index (χ2n) is 7.64. The van der Waals surface area contributed by atoms with Crippen molar-refractivity contribution in [3.63, 3.8) is 0 Å². The normalized spacial score (nSPS) is 24.4. The number of nitrogens with one attached hydrogen (secondary N) is 1. The summed E-state index contributed by atoms with van der Waals surface area (Å²) in [5, 5.41) is 2.89. The van der Waals surface area contributed by atoms with Gasteiger partial charge in [0, 0.05) is 19.5 Å². The predicted octanol–water partition coefficient (Wildman–Crippen LogP) is 3.49. The highest BCUT2D eigenvalue weighted by Crippen LogP contribution is 2.49. The number of hydrogen-bond donors (Lipinski definition) is 1. The van der Waals surface area contributed by atoms with Crippen LogP contribution >= 0.6 is 0 Å². The fourth-order valence-electron chi connectivity index (χ4n) is 4.72. The Bertz CT molecular complexity index is 789. The van der Waals surface area contributed by atoms with Gasteiger partial charge in [0.15, 0.2) is 0 Å². The third-order valence-electron chi connectivity index (χ3n) is 6.12. The molecule has 1 aromatic carbocycles. The van der Waals surface area contributed by atoms with E-state index in [2.05, 4.69) is 5.32 Å². The van der Waals surface area contributed by atoms with Gasteiger partial charge < -0.3 is 10.1 Å². The van der Waals surface area contributed by atoms with Gasteiger partial charge in [-0.3, -0.25) is 4.79 Å². The summed E-state index contributed by atoms with van der Waals surface area (Å²) in [5.41, 5.74) is 0.416. The Morgan fingerprint density at radius 1 is 1.22 bits per heavy atom. The molecule has 27 heavy (non-hydrogen) atoms. The van der Waals surface area contributed by atoms with E-state index in [1.807, 2.05) is 13.8 Å². The largest absolute Gasteiger partial charge is 0.495 e. The van der Waals surface area contributed by atoms with Crippen LogP contribution in [0.15, 0.2) is 23.1 Å². The molecule has 0 saturated heterocycles. The molecule has 1 amide bonds. The quantitative estimate of drug-likeness (QED) is 0.732. The van der Waals surface area contributed by atoms with E-state index in [0.29, 0.717) is 42.8 Å². The zero-order valence-electron chi connectivity index (χ0n) is 16.4. The van der Waals surface area contributed by atoms with Gasteiger partial charge in [0.1, 0.15) is 5.75 Å². The van der Waals surface area contributed by atoms with Crippen molar-refractivity contribution in [2.45, 2.75) is 50.8 Å². The van der Waals surface area contributed by atoms with Gasteiger partial charge in [-0.2, -0.15) is 4.31 Å². The minimum absolute atomic E-state index is 0.0664. The summed E-state index contributed by atoms with van der Waals surface area (Å²) in [5.74, 6) is 2.33. The lowest BCUT2D eigenvalue weighted by atomic mass is 9.86. The Labute approximate surface area is 162 Å². The highest BCUT2D eigenvalue weighted by molar-refractivity contribution is 7.89. The lowest BCUT2D eigenvalue weighted by molar-refractivity contribution is -0.117. The van der Waals surface area contributed by atoms with Crippen LogP contribution in [0.5, 0.6) is 5.75 Å². The van der Waals surface area contributed by atoms with Crippen LogP contribution in [0.4, 0.5) is 5.69 Å². The Balaban J connectivity index is 1.76. The molecule has 3 rings (SSSR count). The number of amides is 1. The van der Waals surface area contributed by atoms with Gasteiger partial charge in [0.25, 0.3) is 0 Å². The van der Waals surface area contributed by atoms with Gasteiger partial charge in [-0.05, 0) is 55.2 Å². The Hall–Kier alpha value is -1.60. The number of nitrogens with zero attached hydrogens (tertiary/aromatic N) is 1. The monoisotopic (exact) mass is 394 g/mol. The first kappa shape index (κ1) is 20.1. The summed E-state index contributed by atoms with van der Waals surface area (Å²) in [6, 6.07) is 4.63. The Morgan fingerprint density at radius 2 is 1.96 bits per heavy atom. The van der Waals surface area contributed by atoms with Crippen molar-refractivity contribution in [2.24, 2.45) is 17.8 Å². The summed E-state index contributed by atoms with van der Waals surface area (Å²) in [4.78, 5) is 12.8. The summed E-state index contributed by atoms with van der Waals surface area (Å²) in [6.45, 7) is 4.42. The van der Waals surface area contributed by atoms with Crippen LogP contribution in [0.3, 0.4) is 0 Å². The number of benzene rings is 1. The molecule has 0 aromatic heterocycles. The molecule has 150 valence electrons. The summed E-state index contributed by atoms with van der Waals surface area (Å²) < 4.78 is 32.3. The van der Waals surface area contributed by atoms with Crippen molar-refractivity contribution >= 4 is 21.6 Å². The van der Waals surface area contributed by atoms with E-state index in [4.69, 9.17) is 4.74 Å². The Morgan fingerprint density at radius 3 is 2.52 bits per heavy atom. The number of hydrogen-bond acceptors (Lipinski definition) is 4. The van der Waals surface area contributed by atoms with E-state index < -0.39 is 10.0 Å². The first-order valence-corrected chi connectivity index (χ1v) is 11.3. The molecule has 7 heteroatoms. The number of carbonyl (C=O) groups excluding carboxylic acids is 1. The minimum Gasteiger partial charge on any atom is -0.495 e. The molecule has 0 aliphatic heterocycles. The number of sulfonamides is 1. The van der Waals surface area contributed by atoms with Crippen molar-refractivity contribution in [2.75, 3.05) is 25.5 Å². The maximum atomic E-state index is 12.8. The van der Waals surface area contributed by atoms with Gasteiger partial charge in [-0.15, -0.1) is 0 Å². The maximum absolute atomic E-state index is 12.8. The molecule has 2 aliphatic rings. The average Bonchev–Trinajstić information content (AvgIpc) is 3.25. The van der Waals surface area contributed by atoms with Gasteiger partial charge in [-0.1, -0.05) is 20.3 Å². The zero-order chi connectivity index (χ0) is 19.6. The standard InChI is InChI=1S/C20H30N2O4S/c1-4-22(5-2)27(24,25)17-8-9-19(26-3)18(13-17)21-20(23)12-16-11-14-6-7-15(16)10-14/h8-9,13-16H,4-7,10-12H2,1-3H3,(H,21,23)/t14-,15+,16+/m0/s1. The molecule has 2 bridgehead atoms. The highest BCUT2D eigenvalue weighted by Gasteiger charge is 2.40. The topological polar surface area (TPSA) is 75.7 Å². The number of anilines is 1. The fraction of sp³-hybridized carbons (Fsp3) is 0.650. The minimum atomic E-state index is -3.59. The van der Waals surface area contributed by atoms with Crippen molar-refractivity contribution in [3.05, 3.63) is 18.2 Å². The fourth-order valence-corrected chi connectivity index (χ4v) is 6.21. The van der Waals surface area contributed by atoms with E-state index in [1.54, 1.807) is 6.07 Å². The van der Waals surface area contributed by atoms with E-state index >= 15 is 0 Å². The van der Waals surface area contributed by atoms with Crippen molar-refractivity contribution in [1.82, 2.24) is 4.31 Å². The molecule has 1 N–H and O–H groups in total. The van der Waals surface area contributed by atoms with Crippen LogP contribution in [0.2, 0.25) is 0 Å². The molecule has 0 unspecified atom stereocenters. The van der Waals surface area contributed by atoms with Gasteiger partial charge >= 0.3 is 0 Å². The molecule has 0 spiro atoms. The van der Waals surface area contributed by atoms with Crippen molar-refractivity contribution in [1.29, 1.82) is 0 Å². The lowest BCUT2D eigenvalue weighted by Gasteiger charge is -2.22. The van der Waals surface area contributed by atoms with Crippen molar-refractivity contribution < 1.29 is 17.9 Å². The lowest BCUT2D eigenvalue weighted by Crippen LogP contribution is -2.30. The van der Waals surface area contributed by atoms with Crippen LogP contribution in [0.1, 0.15) is 46.0 Å². The van der Waals surface area contributed by atoms with Crippen molar-refractivity contribution in [3.8, 4) is 5.75 Å². The number of carbonyl (C=O) groups is 1. The van der Waals surface area contributed by atoms with Gasteiger partial charge in [0.05, 0.1) is 17.7 Å². The summed E-state index contributed by atoms with van der Waals surface area (Å²) in [6.07, 6.45) is 5.45. The first-order chi connectivity index (χ1) is 12.9. The zero-order valence-corrected chi connectivity index (χ0v) is 17.2. The van der Waals surface area contributed by atoms with Gasteiger partial charge in [0.2, 0.25) is 15.9 Å².